The van der Waals surface area contributed by atoms with E-state index in [9.17, 15) is 8.42 Å². The van der Waals surface area contributed by atoms with E-state index in [4.69, 9.17) is 10.2 Å². The van der Waals surface area contributed by atoms with Crippen molar-refractivity contribution < 1.29 is 18.6 Å². The van der Waals surface area contributed by atoms with Crippen LogP contribution >= 0.6 is 0 Å². The minimum Gasteiger partial charge on any atom is -0.395 e. The van der Waals surface area contributed by atoms with Gasteiger partial charge in [-0.05, 0) is 48.9 Å². The van der Waals surface area contributed by atoms with Crippen molar-refractivity contribution in [2.75, 3.05) is 13.2 Å². The molecule has 19 heavy (non-hydrogen) atoms. The molecule has 0 aliphatic heterocycles. The lowest BCUT2D eigenvalue weighted by atomic mass is 9.92. The zero-order valence-electron chi connectivity index (χ0n) is 10.7. The Kier molecular flexibility index (Phi) is 4.57. The van der Waals surface area contributed by atoms with Crippen LogP contribution in [0.1, 0.15) is 24.0 Å². The molecule has 0 amide bonds. The summed E-state index contributed by atoms with van der Waals surface area (Å²) in [6, 6.07) is 4.28. The highest BCUT2D eigenvalue weighted by atomic mass is 32.2. The van der Waals surface area contributed by atoms with Gasteiger partial charge in [-0.25, -0.2) is 13.1 Å². The average molecular weight is 285 g/mol. The molecule has 5 nitrogen and oxygen atoms in total. The van der Waals surface area contributed by atoms with Gasteiger partial charge < -0.3 is 10.2 Å². The molecule has 0 saturated carbocycles. The van der Waals surface area contributed by atoms with Gasteiger partial charge in [0.15, 0.2) is 0 Å². The molecule has 0 aromatic heterocycles. The van der Waals surface area contributed by atoms with Crippen LogP contribution in [0.25, 0.3) is 0 Å². The normalized spacial score (nSPS) is 15.5. The summed E-state index contributed by atoms with van der Waals surface area (Å²) >= 11 is 0. The molecule has 3 N–H and O–H groups in total. The van der Waals surface area contributed by atoms with Crippen molar-refractivity contribution in [2.24, 2.45) is 0 Å². The molecule has 0 radical (unpaired) electrons. The van der Waals surface area contributed by atoms with Gasteiger partial charge in [-0.1, -0.05) is 6.07 Å². The number of hydrogen-bond donors (Lipinski definition) is 3. The molecule has 0 unspecified atom stereocenters. The fraction of sp³-hybridized carbons (Fsp3) is 0.538. The van der Waals surface area contributed by atoms with Crippen molar-refractivity contribution in [3.8, 4) is 0 Å². The van der Waals surface area contributed by atoms with Crippen molar-refractivity contribution in [1.82, 2.24) is 4.72 Å². The molecular weight excluding hydrogens is 266 g/mol. The monoisotopic (exact) mass is 285 g/mol. The van der Waals surface area contributed by atoms with Crippen molar-refractivity contribution in [2.45, 2.75) is 36.6 Å². The molecule has 0 bridgehead atoms. The van der Waals surface area contributed by atoms with Crippen LogP contribution < -0.4 is 4.72 Å². The fourth-order valence-corrected chi connectivity index (χ4v) is 3.57. The number of aryl methyl sites for hydroxylation is 2. The SMILES string of the molecule is O=S(=O)(NC(CO)CO)c1ccc2c(c1)CCCC2. The predicted molar refractivity (Wildman–Crippen MR) is 71.4 cm³/mol. The van der Waals surface area contributed by atoms with Gasteiger partial charge in [0.25, 0.3) is 0 Å². The van der Waals surface area contributed by atoms with Crippen LogP contribution in [0.5, 0.6) is 0 Å². The van der Waals surface area contributed by atoms with Gasteiger partial charge in [0.2, 0.25) is 10.0 Å². The van der Waals surface area contributed by atoms with Crippen LogP contribution in [0.15, 0.2) is 23.1 Å². The second kappa shape index (κ2) is 6.00. The van der Waals surface area contributed by atoms with E-state index in [2.05, 4.69) is 4.72 Å². The van der Waals surface area contributed by atoms with Gasteiger partial charge in [0.1, 0.15) is 0 Å². The summed E-state index contributed by atoms with van der Waals surface area (Å²) in [4.78, 5) is 0.194. The van der Waals surface area contributed by atoms with Crippen LogP contribution in [0.3, 0.4) is 0 Å². The summed E-state index contributed by atoms with van der Waals surface area (Å²) in [5.74, 6) is 0. The molecule has 1 aromatic carbocycles. The Bertz CT molecular complexity index is 538. The van der Waals surface area contributed by atoms with E-state index in [0.717, 1.165) is 31.2 Å². The first-order valence-electron chi connectivity index (χ1n) is 6.42. The van der Waals surface area contributed by atoms with Crippen LogP contribution in [0, 0.1) is 0 Å². The second-order valence-corrected chi connectivity index (χ2v) is 6.53. The molecule has 0 heterocycles. The lowest BCUT2D eigenvalue weighted by molar-refractivity contribution is 0.185. The molecule has 106 valence electrons. The number of rotatable bonds is 5. The first kappa shape index (κ1) is 14.5. The zero-order valence-corrected chi connectivity index (χ0v) is 11.5. The maximum Gasteiger partial charge on any atom is 0.240 e. The molecule has 0 saturated heterocycles. The summed E-state index contributed by atoms with van der Waals surface area (Å²) in [6.07, 6.45) is 4.13. The van der Waals surface area contributed by atoms with Gasteiger partial charge in [-0.15, -0.1) is 0 Å². The number of nitrogens with one attached hydrogen (secondary N) is 1. The number of fused-ring (bicyclic) bond motifs is 1. The van der Waals surface area contributed by atoms with E-state index in [-0.39, 0.29) is 4.90 Å². The van der Waals surface area contributed by atoms with Crippen molar-refractivity contribution in [3.05, 3.63) is 29.3 Å². The molecule has 0 fully saturated rings. The van der Waals surface area contributed by atoms with E-state index < -0.39 is 29.3 Å². The van der Waals surface area contributed by atoms with Crippen molar-refractivity contribution in [3.63, 3.8) is 0 Å². The average Bonchev–Trinajstić information content (AvgIpc) is 2.44. The number of hydrogen-bond acceptors (Lipinski definition) is 4. The minimum absolute atomic E-state index is 0.194. The summed E-state index contributed by atoms with van der Waals surface area (Å²) in [5.41, 5.74) is 2.30. The number of aliphatic hydroxyl groups is 2. The van der Waals surface area contributed by atoms with Crippen molar-refractivity contribution >= 4 is 10.0 Å². The number of benzene rings is 1. The predicted octanol–water partition coefficient (Wildman–Crippen LogP) is 0.197. The Morgan fingerprint density at radius 1 is 1.11 bits per heavy atom. The largest absolute Gasteiger partial charge is 0.395 e. The minimum atomic E-state index is -3.69. The summed E-state index contributed by atoms with van der Waals surface area (Å²) in [7, 11) is -3.69. The highest BCUT2D eigenvalue weighted by Crippen LogP contribution is 2.24. The molecule has 6 heteroatoms. The number of sulfonamides is 1. The molecule has 0 atom stereocenters. The van der Waals surface area contributed by atoms with Crippen LogP contribution in [-0.2, 0) is 22.9 Å². The van der Waals surface area contributed by atoms with Gasteiger partial charge in [-0.2, -0.15) is 0 Å². The van der Waals surface area contributed by atoms with E-state index in [1.54, 1.807) is 12.1 Å². The smallest absolute Gasteiger partial charge is 0.240 e. The van der Waals surface area contributed by atoms with E-state index in [0.29, 0.717) is 0 Å². The van der Waals surface area contributed by atoms with Gasteiger partial charge in [0.05, 0.1) is 24.2 Å². The molecule has 0 spiro atoms. The summed E-state index contributed by atoms with van der Waals surface area (Å²) < 4.78 is 26.5. The van der Waals surface area contributed by atoms with Crippen molar-refractivity contribution in [1.29, 1.82) is 0 Å². The van der Waals surface area contributed by atoms with E-state index in [1.165, 1.54) is 5.56 Å². The lowest BCUT2D eigenvalue weighted by Gasteiger charge is -2.18. The molecule has 2 rings (SSSR count). The lowest BCUT2D eigenvalue weighted by Crippen LogP contribution is -2.40. The first-order chi connectivity index (χ1) is 9.06. The molecule has 1 aliphatic carbocycles. The maximum absolute atomic E-state index is 12.1. The van der Waals surface area contributed by atoms with Crippen LogP contribution in [0.4, 0.5) is 0 Å². The first-order valence-corrected chi connectivity index (χ1v) is 7.91. The summed E-state index contributed by atoms with van der Waals surface area (Å²) in [5, 5.41) is 17.9. The topological polar surface area (TPSA) is 86.6 Å². The molecule has 1 aromatic rings. The fourth-order valence-electron chi connectivity index (χ4n) is 2.30. The van der Waals surface area contributed by atoms with Crippen LogP contribution in [-0.4, -0.2) is 37.9 Å². The van der Waals surface area contributed by atoms with Crippen LogP contribution in [0.2, 0.25) is 0 Å². The van der Waals surface area contributed by atoms with Gasteiger partial charge >= 0.3 is 0 Å². The highest BCUT2D eigenvalue weighted by molar-refractivity contribution is 7.89. The Morgan fingerprint density at radius 2 is 1.74 bits per heavy atom. The zero-order chi connectivity index (χ0) is 13.9. The Balaban J connectivity index is 2.25. The highest BCUT2D eigenvalue weighted by Gasteiger charge is 2.20. The standard InChI is InChI=1S/C13H19NO4S/c15-8-12(9-16)14-19(17,18)13-6-5-10-3-1-2-4-11(10)7-13/h5-7,12,14-16H,1-4,8-9H2. The molecular formula is C13H19NO4S. The quantitative estimate of drug-likeness (QED) is 0.721. The van der Waals surface area contributed by atoms with E-state index >= 15 is 0 Å². The Hall–Kier alpha value is -0.950. The third-order valence-corrected chi connectivity index (χ3v) is 4.91. The Labute approximate surface area is 113 Å². The third-order valence-electron chi connectivity index (χ3n) is 3.39. The second-order valence-electron chi connectivity index (χ2n) is 4.82. The van der Waals surface area contributed by atoms with E-state index in [1.807, 2.05) is 6.07 Å². The summed E-state index contributed by atoms with van der Waals surface area (Å²) in [6.45, 7) is -0.860. The van der Waals surface area contributed by atoms with Gasteiger partial charge in [0, 0.05) is 0 Å². The number of aliphatic hydroxyl groups excluding tert-OH is 2. The van der Waals surface area contributed by atoms with Gasteiger partial charge in [-0.3, -0.25) is 0 Å². The third kappa shape index (κ3) is 3.33. The Morgan fingerprint density at radius 3 is 2.37 bits per heavy atom. The molecule has 1 aliphatic rings. The maximum atomic E-state index is 12.1.